The molecule has 0 saturated carbocycles. The minimum Gasteiger partial charge on any atom is -0.593 e. The highest BCUT2D eigenvalue weighted by Crippen LogP contribution is 2.40. The fraction of sp³-hybridized carbons (Fsp3) is 0.429. The first-order valence-electron chi connectivity index (χ1n) is 9.29. The van der Waals surface area contributed by atoms with Gasteiger partial charge in [-0.2, -0.15) is 0 Å². The fourth-order valence-electron chi connectivity index (χ4n) is 4.60. The van der Waals surface area contributed by atoms with Gasteiger partial charge in [-0.1, -0.05) is 46.7 Å². The van der Waals surface area contributed by atoms with Crippen LogP contribution in [-0.4, -0.2) is 40.4 Å². The second-order valence-electron chi connectivity index (χ2n) is 7.87. The Labute approximate surface area is 157 Å². The number of fused-ring (bicyclic) bond motifs is 1. The highest BCUT2D eigenvalue weighted by molar-refractivity contribution is 7.95. The minimum atomic E-state index is -3.51. The lowest BCUT2D eigenvalue weighted by Crippen LogP contribution is -2.50. The number of hydrogen-bond donors (Lipinski definition) is 0. The molecule has 0 radical (unpaired) electrons. The van der Waals surface area contributed by atoms with Gasteiger partial charge in [0, 0.05) is 12.0 Å². The summed E-state index contributed by atoms with van der Waals surface area (Å²) in [5, 5.41) is 0. The van der Waals surface area contributed by atoms with Crippen LogP contribution in [-0.2, 0) is 27.6 Å². The van der Waals surface area contributed by atoms with Crippen LogP contribution in [0, 0.1) is 5.41 Å². The van der Waals surface area contributed by atoms with Crippen molar-refractivity contribution >= 4 is 10.4 Å². The van der Waals surface area contributed by atoms with Crippen LogP contribution < -0.4 is 0 Å². The summed E-state index contributed by atoms with van der Waals surface area (Å²) >= 11 is 0. The van der Waals surface area contributed by atoms with Crippen LogP contribution in [0.25, 0.3) is 0 Å². The van der Waals surface area contributed by atoms with E-state index in [1.54, 1.807) is 28.6 Å². The maximum Gasteiger partial charge on any atom is 0.175 e. The predicted molar refractivity (Wildman–Crippen MR) is 103 cm³/mol. The Morgan fingerprint density at radius 2 is 1.69 bits per heavy atom. The minimum absolute atomic E-state index is 0.0124. The van der Waals surface area contributed by atoms with Crippen molar-refractivity contribution in [3.63, 3.8) is 0 Å². The Morgan fingerprint density at radius 3 is 2.42 bits per heavy atom. The average molecular weight is 371 g/mol. The SMILES string of the molecule is CN1CCCC2(Cc3ccccc3CN([S+](=O)([O-])c3ccccc3)C2)C1. The predicted octanol–water partition coefficient (Wildman–Crippen LogP) is 3.36. The van der Waals surface area contributed by atoms with Crippen molar-refractivity contribution in [2.45, 2.75) is 30.7 Å². The van der Waals surface area contributed by atoms with Gasteiger partial charge in [-0.15, -0.1) is 4.31 Å². The van der Waals surface area contributed by atoms with Gasteiger partial charge in [0.05, 0.1) is 13.1 Å². The van der Waals surface area contributed by atoms with Crippen molar-refractivity contribution in [3.8, 4) is 0 Å². The van der Waals surface area contributed by atoms with Crippen LogP contribution in [0.2, 0.25) is 0 Å². The van der Waals surface area contributed by atoms with Crippen LogP contribution in [0.1, 0.15) is 24.0 Å². The molecule has 4 nitrogen and oxygen atoms in total. The molecule has 2 aromatic carbocycles. The topological polar surface area (TPSA) is 46.6 Å². The van der Waals surface area contributed by atoms with E-state index in [9.17, 15) is 8.76 Å². The van der Waals surface area contributed by atoms with Crippen LogP contribution >= 0.6 is 0 Å². The Kier molecular flexibility index (Phi) is 4.73. The number of likely N-dealkylation sites (tertiary alicyclic amines) is 1. The number of benzene rings is 2. The van der Waals surface area contributed by atoms with Gasteiger partial charge in [0.1, 0.15) is 0 Å². The van der Waals surface area contributed by atoms with Gasteiger partial charge in [0.25, 0.3) is 0 Å². The van der Waals surface area contributed by atoms with E-state index in [0.717, 1.165) is 37.9 Å². The molecule has 2 unspecified atom stereocenters. The number of rotatable bonds is 2. The van der Waals surface area contributed by atoms with E-state index >= 15 is 0 Å². The molecule has 2 aliphatic heterocycles. The average Bonchev–Trinajstić information content (AvgIpc) is 2.79. The zero-order valence-corrected chi connectivity index (χ0v) is 16.1. The molecular formula is C21H26N2O2S. The van der Waals surface area contributed by atoms with Gasteiger partial charge in [-0.3, -0.25) is 0 Å². The number of hydrogen-bond acceptors (Lipinski definition) is 3. The Hall–Kier alpha value is -1.53. The standard InChI is InChI=1S/C21H26N2O2S/c1-22-13-7-12-21(16-22)14-18-8-5-6-9-19(18)15-23(17-21)26(24,25)20-10-3-2-4-11-20/h2-6,8-11H,7,12-17H2,1H3. The lowest BCUT2D eigenvalue weighted by Gasteiger charge is -2.43. The summed E-state index contributed by atoms with van der Waals surface area (Å²) in [4.78, 5) is 2.74. The molecule has 1 saturated heterocycles. The lowest BCUT2D eigenvalue weighted by molar-refractivity contribution is 0.0870. The van der Waals surface area contributed by atoms with Gasteiger partial charge in [0.15, 0.2) is 15.3 Å². The summed E-state index contributed by atoms with van der Waals surface area (Å²) < 4.78 is 28.5. The molecule has 1 fully saturated rings. The maximum atomic E-state index is 13.4. The molecule has 0 aliphatic carbocycles. The van der Waals surface area contributed by atoms with E-state index in [1.807, 2.05) is 12.1 Å². The van der Waals surface area contributed by atoms with Crippen LogP contribution in [0.15, 0.2) is 59.5 Å². The molecule has 5 heteroatoms. The molecule has 0 bridgehead atoms. The van der Waals surface area contributed by atoms with E-state index in [4.69, 9.17) is 0 Å². The van der Waals surface area contributed by atoms with E-state index in [0.29, 0.717) is 18.0 Å². The first-order chi connectivity index (χ1) is 12.5. The van der Waals surface area contributed by atoms with Crippen LogP contribution in [0.3, 0.4) is 0 Å². The molecule has 2 aromatic rings. The molecule has 2 heterocycles. The maximum absolute atomic E-state index is 13.4. The smallest absolute Gasteiger partial charge is 0.175 e. The van der Waals surface area contributed by atoms with Crippen molar-refractivity contribution in [1.29, 1.82) is 0 Å². The first kappa shape index (κ1) is 17.9. The van der Waals surface area contributed by atoms with Gasteiger partial charge >= 0.3 is 0 Å². The monoisotopic (exact) mass is 370 g/mol. The molecule has 0 N–H and O–H groups in total. The molecular weight excluding hydrogens is 344 g/mol. The molecule has 4 rings (SSSR count). The fourth-order valence-corrected chi connectivity index (χ4v) is 6.16. The summed E-state index contributed by atoms with van der Waals surface area (Å²) in [6.45, 7) is 3.08. The molecule has 0 amide bonds. The zero-order chi connectivity index (χ0) is 18.2. The molecule has 138 valence electrons. The number of piperidine rings is 1. The summed E-state index contributed by atoms with van der Waals surface area (Å²) in [5.74, 6) is 0. The van der Waals surface area contributed by atoms with Gasteiger partial charge in [-0.25, -0.2) is 0 Å². The van der Waals surface area contributed by atoms with Crippen molar-refractivity contribution < 1.29 is 8.76 Å². The summed E-state index contributed by atoms with van der Waals surface area (Å²) in [7, 11) is -1.36. The van der Waals surface area contributed by atoms with Crippen molar-refractivity contribution in [2.75, 3.05) is 26.7 Å². The quantitative estimate of drug-likeness (QED) is 0.762. The second-order valence-corrected chi connectivity index (χ2v) is 9.81. The third-order valence-corrected chi connectivity index (χ3v) is 7.58. The highest BCUT2D eigenvalue weighted by atomic mass is 32.3. The van der Waals surface area contributed by atoms with Crippen LogP contribution in [0.4, 0.5) is 0 Å². The number of nitrogens with zero attached hydrogens (tertiary/aromatic N) is 2. The van der Waals surface area contributed by atoms with Crippen molar-refractivity contribution in [3.05, 3.63) is 65.7 Å². The normalized spacial score (nSPS) is 26.8. The summed E-state index contributed by atoms with van der Waals surface area (Å²) in [6.07, 6.45) is 3.15. The third kappa shape index (κ3) is 3.37. The molecule has 1 spiro atoms. The van der Waals surface area contributed by atoms with E-state index < -0.39 is 10.4 Å². The molecule has 26 heavy (non-hydrogen) atoms. The summed E-state index contributed by atoms with van der Waals surface area (Å²) in [5.41, 5.74) is 2.42. The van der Waals surface area contributed by atoms with Crippen molar-refractivity contribution in [2.24, 2.45) is 5.41 Å². The Morgan fingerprint density at radius 1 is 1.00 bits per heavy atom. The third-order valence-electron chi connectivity index (χ3n) is 5.78. The van der Waals surface area contributed by atoms with Gasteiger partial charge in [0.2, 0.25) is 0 Å². The van der Waals surface area contributed by atoms with E-state index in [-0.39, 0.29) is 5.41 Å². The zero-order valence-electron chi connectivity index (χ0n) is 15.3. The Bertz CT molecular complexity index is 826. The second kappa shape index (κ2) is 6.89. The Balaban J connectivity index is 1.76. The van der Waals surface area contributed by atoms with Gasteiger partial charge in [-0.05, 0) is 56.1 Å². The number of sulfonamides is 1. The molecule has 2 atom stereocenters. The van der Waals surface area contributed by atoms with E-state index in [2.05, 4.69) is 30.1 Å². The lowest BCUT2D eigenvalue weighted by atomic mass is 9.75. The van der Waals surface area contributed by atoms with Crippen molar-refractivity contribution in [1.82, 2.24) is 9.21 Å². The summed E-state index contributed by atoms with van der Waals surface area (Å²) in [6, 6.07) is 17.2. The molecule has 2 aliphatic rings. The highest BCUT2D eigenvalue weighted by Gasteiger charge is 2.44. The molecule has 0 aromatic heterocycles. The van der Waals surface area contributed by atoms with Gasteiger partial charge < -0.3 is 9.45 Å². The first-order valence-corrected chi connectivity index (χ1v) is 10.7. The largest absolute Gasteiger partial charge is 0.593 e. The van der Waals surface area contributed by atoms with E-state index in [1.165, 1.54) is 5.56 Å². The van der Waals surface area contributed by atoms with Crippen LogP contribution in [0.5, 0.6) is 0 Å².